The number of hydrogen-bond donors (Lipinski definition) is 0. The molecule has 1 amide bonds. The molecule has 0 fully saturated rings. The van der Waals surface area contributed by atoms with Crippen LogP contribution < -0.4 is 4.74 Å². The van der Waals surface area contributed by atoms with Gasteiger partial charge in [0, 0.05) is 44.3 Å². The highest BCUT2D eigenvalue weighted by molar-refractivity contribution is 5.78. The lowest BCUT2D eigenvalue weighted by Gasteiger charge is -2.35. The van der Waals surface area contributed by atoms with Crippen LogP contribution in [0.3, 0.4) is 0 Å². The van der Waals surface area contributed by atoms with Gasteiger partial charge in [-0.25, -0.2) is 0 Å². The lowest BCUT2D eigenvalue weighted by Crippen LogP contribution is -2.39. The van der Waals surface area contributed by atoms with E-state index < -0.39 is 0 Å². The second kappa shape index (κ2) is 9.57. The molecule has 1 atom stereocenters. The Morgan fingerprint density at radius 1 is 1.12 bits per heavy atom. The third kappa shape index (κ3) is 4.19. The van der Waals surface area contributed by atoms with Crippen LogP contribution in [0, 0.1) is 6.92 Å². The second-order valence-electron chi connectivity index (χ2n) is 8.94. The van der Waals surface area contributed by atoms with Gasteiger partial charge in [0.2, 0.25) is 5.91 Å². The summed E-state index contributed by atoms with van der Waals surface area (Å²) in [5.41, 5.74) is 9.02. The maximum Gasteiger partial charge on any atom is 0.248 e. The minimum atomic E-state index is -0.0272. The summed E-state index contributed by atoms with van der Waals surface area (Å²) in [6.07, 6.45) is 1.44. The number of aryl methyl sites for hydroxylation is 1. The normalized spacial score (nSPS) is 17.1. The fraction of sp³-hybridized carbons (Fsp3) is 0.357. The molecule has 5 rings (SSSR count). The van der Waals surface area contributed by atoms with E-state index in [0.29, 0.717) is 19.7 Å². The number of carbonyl (C=O) groups excluding carboxylic acids is 1. The minimum absolute atomic E-state index is 0.0101. The molecule has 34 heavy (non-hydrogen) atoms. The Bertz CT molecular complexity index is 1210. The van der Waals surface area contributed by atoms with Crippen LogP contribution in [0.2, 0.25) is 0 Å². The summed E-state index contributed by atoms with van der Waals surface area (Å²) in [6.45, 7) is 3.91. The van der Waals surface area contributed by atoms with Gasteiger partial charge in [-0.05, 0) is 52.9 Å². The molecule has 0 aliphatic carbocycles. The number of carbonyl (C=O) groups is 1. The number of fused-ring (bicyclic) bond motifs is 3. The van der Waals surface area contributed by atoms with Crippen molar-refractivity contribution < 1.29 is 19.0 Å². The molecule has 3 heterocycles. The molecular weight excluding hydrogens is 428 g/mol. The van der Waals surface area contributed by atoms with Crippen molar-refractivity contribution in [1.82, 2.24) is 9.88 Å². The predicted molar refractivity (Wildman–Crippen MR) is 130 cm³/mol. The van der Waals surface area contributed by atoms with Gasteiger partial charge in [-0.1, -0.05) is 30.3 Å². The summed E-state index contributed by atoms with van der Waals surface area (Å²) in [5, 5.41) is 0. The van der Waals surface area contributed by atoms with Gasteiger partial charge in [0.25, 0.3) is 0 Å². The van der Waals surface area contributed by atoms with Crippen LogP contribution in [-0.4, -0.2) is 43.2 Å². The average molecular weight is 459 g/mol. The van der Waals surface area contributed by atoms with E-state index in [0.717, 1.165) is 46.7 Å². The van der Waals surface area contributed by atoms with Gasteiger partial charge in [0.1, 0.15) is 12.4 Å². The maximum atomic E-state index is 12.5. The molecular formula is C28H30N2O4. The molecule has 3 aromatic rings. The lowest BCUT2D eigenvalue weighted by molar-refractivity contribution is -0.136. The highest BCUT2D eigenvalue weighted by Crippen LogP contribution is 2.40. The van der Waals surface area contributed by atoms with Crippen LogP contribution in [0.4, 0.5) is 0 Å². The number of hydrogen-bond acceptors (Lipinski definition) is 5. The van der Waals surface area contributed by atoms with Crippen molar-refractivity contribution in [2.45, 2.75) is 39.0 Å². The van der Waals surface area contributed by atoms with E-state index >= 15 is 0 Å². The number of aromatic nitrogens is 1. The first-order valence-electron chi connectivity index (χ1n) is 11.7. The van der Waals surface area contributed by atoms with Gasteiger partial charge < -0.3 is 19.1 Å². The predicted octanol–water partition coefficient (Wildman–Crippen LogP) is 4.41. The number of ether oxygens (including phenoxy) is 3. The molecule has 0 spiro atoms. The number of methoxy groups -OCH3 is 2. The molecule has 1 aromatic heterocycles. The van der Waals surface area contributed by atoms with E-state index in [1.54, 1.807) is 14.2 Å². The van der Waals surface area contributed by atoms with Crippen LogP contribution in [0.5, 0.6) is 5.75 Å². The number of rotatable bonds is 5. The zero-order chi connectivity index (χ0) is 23.7. The first kappa shape index (κ1) is 22.6. The second-order valence-corrected chi connectivity index (χ2v) is 8.94. The Morgan fingerprint density at radius 2 is 1.94 bits per heavy atom. The zero-order valence-electron chi connectivity index (χ0n) is 20.0. The summed E-state index contributed by atoms with van der Waals surface area (Å²) < 4.78 is 16.9. The molecule has 0 saturated carbocycles. The van der Waals surface area contributed by atoms with E-state index in [4.69, 9.17) is 19.2 Å². The molecule has 2 aromatic carbocycles. The standard InChI is InChI=1S/C28H30N2O4/c1-18-13-20(33-3)9-10-21(18)28-22-14-26(19-7-5-4-6-8-19)34-16-24(22)23-15-30(27(31)17-32-2)12-11-25(23)29-28/h4-10,13,26H,11-12,14-17H2,1-3H3/t26-/m1/s1. The minimum Gasteiger partial charge on any atom is -0.497 e. The van der Waals surface area contributed by atoms with Crippen molar-refractivity contribution in [3.63, 3.8) is 0 Å². The monoisotopic (exact) mass is 458 g/mol. The fourth-order valence-corrected chi connectivity index (χ4v) is 5.06. The lowest BCUT2D eigenvalue weighted by atomic mass is 9.86. The van der Waals surface area contributed by atoms with Gasteiger partial charge in [-0.2, -0.15) is 0 Å². The Balaban J connectivity index is 1.61. The highest BCUT2D eigenvalue weighted by Gasteiger charge is 2.32. The van der Waals surface area contributed by atoms with Crippen molar-refractivity contribution in [3.05, 3.63) is 82.0 Å². The molecule has 2 aliphatic heterocycles. The molecule has 0 bridgehead atoms. The van der Waals surface area contributed by atoms with E-state index in [1.807, 2.05) is 29.2 Å². The number of amides is 1. The first-order chi connectivity index (χ1) is 16.6. The van der Waals surface area contributed by atoms with E-state index in [2.05, 4.69) is 31.2 Å². The highest BCUT2D eigenvalue weighted by atomic mass is 16.5. The molecule has 176 valence electrons. The van der Waals surface area contributed by atoms with Gasteiger partial charge in [0.05, 0.1) is 25.5 Å². The zero-order valence-corrected chi connectivity index (χ0v) is 20.0. The first-order valence-corrected chi connectivity index (χ1v) is 11.7. The third-order valence-corrected chi connectivity index (χ3v) is 6.88. The SMILES string of the molecule is COCC(=O)N1CCc2nc(-c3ccc(OC)cc3C)c3c(c2C1)CO[C@@H](c1ccccc1)C3. The number of pyridine rings is 1. The summed E-state index contributed by atoms with van der Waals surface area (Å²) in [4.78, 5) is 19.6. The van der Waals surface area contributed by atoms with Crippen molar-refractivity contribution >= 4 is 5.91 Å². The summed E-state index contributed by atoms with van der Waals surface area (Å²) in [6, 6.07) is 16.5. The topological polar surface area (TPSA) is 60.9 Å². The molecule has 0 unspecified atom stereocenters. The summed E-state index contributed by atoms with van der Waals surface area (Å²) >= 11 is 0. The van der Waals surface area contributed by atoms with Crippen LogP contribution in [0.1, 0.15) is 39.6 Å². The number of benzene rings is 2. The van der Waals surface area contributed by atoms with Crippen LogP contribution in [-0.2, 0) is 40.3 Å². The largest absolute Gasteiger partial charge is 0.497 e. The van der Waals surface area contributed by atoms with E-state index in [9.17, 15) is 4.79 Å². The summed E-state index contributed by atoms with van der Waals surface area (Å²) in [7, 11) is 3.24. The quantitative estimate of drug-likeness (QED) is 0.567. The molecule has 0 radical (unpaired) electrons. The Hall–Kier alpha value is -3.22. The Labute approximate surface area is 200 Å². The van der Waals surface area contributed by atoms with Gasteiger partial charge in [-0.3, -0.25) is 9.78 Å². The molecule has 0 saturated heterocycles. The van der Waals surface area contributed by atoms with Crippen molar-refractivity contribution in [2.75, 3.05) is 27.4 Å². The fourth-order valence-electron chi connectivity index (χ4n) is 5.06. The van der Waals surface area contributed by atoms with Gasteiger partial charge >= 0.3 is 0 Å². The van der Waals surface area contributed by atoms with Crippen LogP contribution in [0.25, 0.3) is 11.3 Å². The van der Waals surface area contributed by atoms with Crippen LogP contribution in [0.15, 0.2) is 48.5 Å². The maximum absolute atomic E-state index is 12.5. The third-order valence-electron chi connectivity index (χ3n) is 6.88. The Morgan fingerprint density at radius 3 is 2.68 bits per heavy atom. The Kier molecular flexibility index (Phi) is 6.35. The molecule has 6 heteroatoms. The van der Waals surface area contributed by atoms with E-state index in [1.165, 1.54) is 16.7 Å². The smallest absolute Gasteiger partial charge is 0.248 e. The molecule has 6 nitrogen and oxygen atoms in total. The van der Waals surface area contributed by atoms with E-state index in [-0.39, 0.29) is 18.6 Å². The average Bonchev–Trinajstić information content (AvgIpc) is 2.88. The molecule has 2 aliphatic rings. The summed E-state index contributed by atoms with van der Waals surface area (Å²) in [5.74, 6) is 0.849. The van der Waals surface area contributed by atoms with Gasteiger partial charge in [-0.15, -0.1) is 0 Å². The van der Waals surface area contributed by atoms with Crippen molar-refractivity contribution in [2.24, 2.45) is 0 Å². The molecule has 0 N–H and O–H groups in total. The van der Waals surface area contributed by atoms with Gasteiger partial charge in [0.15, 0.2) is 0 Å². The van der Waals surface area contributed by atoms with Crippen molar-refractivity contribution in [1.29, 1.82) is 0 Å². The van der Waals surface area contributed by atoms with Crippen LogP contribution >= 0.6 is 0 Å². The number of nitrogens with zero attached hydrogens (tertiary/aromatic N) is 2. The van der Waals surface area contributed by atoms with Crippen molar-refractivity contribution in [3.8, 4) is 17.0 Å².